The Morgan fingerprint density at radius 3 is 2.92 bits per heavy atom. The highest BCUT2D eigenvalue weighted by molar-refractivity contribution is 6.00. The highest BCUT2D eigenvalue weighted by atomic mass is 16.5. The van der Waals surface area contributed by atoms with Crippen LogP contribution in [0, 0.1) is 12.8 Å². The van der Waals surface area contributed by atoms with Crippen LogP contribution in [0.4, 0.5) is 5.82 Å². The summed E-state index contributed by atoms with van der Waals surface area (Å²) in [6.07, 6.45) is 0. The number of anilines is 1. The fraction of sp³-hybridized carbons (Fsp3) is 0.353. The SMILES string of the molecule is COc1cccc(Cn2nc(C)c3c(NC(=O)C(C)C)[nH]nc32)c1. The Bertz CT molecular complexity index is 878. The van der Waals surface area contributed by atoms with Crippen LogP contribution in [-0.2, 0) is 11.3 Å². The second-order valence-corrected chi connectivity index (χ2v) is 6.04. The largest absolute Gasteiger partial charge is 0.497 e. The minimum atomic E-state index is -0.101. The number of aromatic nitrogens is 4. The Kier molecular flexibility index (Phi) is 4.24. The zero-order chi connectivity index (χ0) is 17.3. The number of fused-ring (bicyclic) bond motifs is 1. The molecule has 0 fully saturated rings. The van der Waals surface area contributed by atoms with E-state index in [4.69, 9.17) is 4.74 Å². The van der Waals surface area contributed by atoms with Crippen molar-refractivity contribution in [2.75, 3.05) is 12.4 Å². The van der Waals surface area contributed by atoms with Crippen LogP contribution in [-0.4, -0.2) is 33.0 Å². The van der Waals surface area contributed by atoms with Crippen molar-refractivity contribution in [3.8, 4) is 5.75 Å². The van der Waals surface area contributed by atoms with Crippen molar-refractivity contribution in [1.29, 1.82) is 0 Å². The van der Waals surface area contributed by atoms with Crippen LogP contribution in [0.3, 0.4) is 0 Å². The smallest absolute Gasteiger partial charge is 0.228 e. The number of hydrogen-bond donors (Lipinski definition) is 2. The van der Waals surface area contributed by atoms with Gasteiger partial charge in [-0.15, -0.1) is 0 Å². The van der Waals surface area contributed by atoms with Gasteiger partial charge in [-0.25, -0.2) is 4.68 Å². The van der Waals surface area contributed by atoms with Crippen molar-refractivity contribution in [3.63, 3.8) is 0 Å². The fourth-order valence-corrected chi connectivity index (χ4v) is 2.55. The summed E-state index contributed by atoms with van der Waals surface area (Å²) in [6, 6.07) is 7.83. The fourth-order valence-electron chi connectivity index (χ4n) is 2.55. The molecule has 3 aromatic rings. The Balaban J connectivity index is 1.93. The van der Waals surface area contributed by atoms with E-state index >= 15 is 0 Å². The molecule has 1 amide bonds. The van der Waals surface area contributed by atoms with E-state index < -0.39 is 0 Å². The summed E-state index contributed by atoms with van der Waals surface area (Å²) < 4.78 is 7.08. The number of rotatable bonds is 5. The van der Waals surface area contributed by atoms with Crippen LogP contribution < -0.4 is 10.1 Å². The Morgan fingerprint density at radius 1 is 1.42 bits per heavy atom. The molecule has 2 heterocycles. The minimum Gasteiger partial charge on any atom is -0.497 e. The maximum Gasteiger partial charge on any atom is 0.228 e. The van der Waals surface area contributed by atoms with Crippen LogP contribution >= 0.6 is 0 Å². The first-order valence-corrected chi connectivity index (χ1v) is 7.85. The van der Waals surface area contributed by atoms with E-state index in [1.807, 2.05) is 49.7 Å². The molecule has 2 N–H and O–H groups in total. The van der Waals surface area contributed by atoms with E-state index in [2.05, 4.69) is 20.6 Å². The number of methoxy groups -OCH3 is 1. The lowest BCUT2D eigenvalue weighted by Gasteiger charge is -2.05. The van der Waals surface area contributed by atoms with Crippen LogP contribution in [0.15, 0.2) is 24.3 Å². The number of ether oxygens (including phenoxy) is 1. The first-order valence-electron chi connectivity index (χ1n) is 7.85. The van der Waals surface area contributed by atoms with Gasteiger partial charge in [-0.05, 0) is 24.6 Å². The molecule has 0 aliphatic carbocycles. The zero-order valence-electron chi connectivity index (χ0n) is 14.3. The van der Waals surface area contributed by atoms with E-state index in [0.717, 1.165) is 28.0 Å². The molecule has 0 radical (unpaired) electrons. The summed E-state index contributed by atoms with van der Waals surface area (Å²) in [7, 11) is 1.65. The van der Waals surface area contributed by atoms with Crippen molar-refractivity contribution < 1.29 is 9.53 Å². The minimum absolute atomic E-state index is 0.0551. The molecular weight excluding hydrogens is 306 g/mol. The van der Waals surface area contributed by atoms with E-state index in [-0.39, 0.29) is 11.8 Å². The van der Waals surface area contributed by atoms with Crippen molar-refractivity contribution >= 4 is 22.8 Å². The first kappa shape index (κ1) is 16.0. The van der Waals surface area contributed by atoms with Gasteiger partial charge < -0.3 is 10.1 Å². The summed E-state index contributed by atoms with van der Waals surface area (Å²) >= 11 is 0. The van der Waals surface area contributed by atoms with Crippen molar-refractivity contribution in [2.24, 2.45) is 5.92 Å². The molecule has 2 aromatic heterocycles. The van der Waals surface area contributed by atoms with Crippen molar-refractivity contribution in [2.45, 2.75) is 27.3 Å². The molecule has 7 nitrogen and oxygen atoms in total. The van der Waals surface area contributed by atoms with Gasteiger partial charge in [0.25, 0.3) is 0 Å². The third-order valence-corrected chi connectivity index (χ3v) is 3.86. The lowest BCUT2D eigenvalue weighted by atomic mass is 10.2. The molecule has 0 aliphatic rings. The average Bonchev–Trinajstić information content (AvgIpc) is 3.10. The van der Waals surface area contributed by atoms with Gasteiger partial charge in [0.05, 0.1) is 24.7 Å². The van der Waals surface area contributed by atoms with E-state index in [9.17, 15) is 4.79 Å². The number of aromatic amines is 1. The predicted octanol–water partition coefficient (Wildman–Crippen LogP) is 2.72. The first-order chi connectivity index (χ1) is 11.5. The standard InChI is InChI=1S/C17H21N5O2/c1-10(2)17(23)18-15-14-11(3)21-22(16(14)20-19-15)9-12-6-5-7-13(8-12)24-4/h5-8,10H,9H2,1-4H3,(H2,18,19,20,23). The molecule has 3 rings (SSSR count). The topological polar surface area (TPSA) is 84.8 Å². The lowest BCUT2D eigenvalue weighted by Crippen LogP contribution is -2.18. The average molecular weight is 327 g/mol. The molecule has 126 valence electrons. The molecule has 0 saturated heterocycles. The summed E-state index contributed by atoms with van der Waals surface area (Å²) in [4.78, 5) is 11.9. The molecule has 0 spiro atoms. The summed E-state index contributed by atoms with van der Waals surface area (Å²) in [5.41, 5.74) is 2.60. The number of H-pyrrole nitrogens is 1. The number of nitrogens with one attached hydrogen (secondary N) is 2. The lowest BCUT2D eigenvalue weighted by molar-refractivity contribution is -0.118. The third kappa shape index (κ3) is 2.97. The Morgan fingerprint density at radius 2 is 2.21 bits per heavy atom. The van der Waals surface area contributed by atoms with Gasteiger partial charge in [-0.3, -0.25) is 9.89 Å². The number of benzene rings is 1. The Labute approximate surface area is 140 Å². The molecule has 24 heavy (non-hydrogen) atoms. The number of carbonyl (C=O) groups excluding carboxylic acids is 1. The van der Waals surface area contributed by atoms with Gasteiger partial charge in [0.15, 0.2) is 5.65 Å². The molecule has 0 aliphatic heterocycles. The highest BCUT2D eigenvalue weighted by Gasteiger charge is 2.18. The third-order valence-electron chi connectivity index (χ3n) is 3.86. The van der Waals surface area contributed by atoms with Crippen LogP contribution in [0.2, 0.25) is 0 Å². The monoisotopic (exact) mass is 327 g/mol. The van der Waals surface area contributed by atoms with Gasteiger partial charge in [0.1, 0.15) is 11.6 Å². The van der Waals surface area contributed by atoms with Gasteiger partial charge in [-0.1, -0.05) is 26.0 Å². The molecule has 0 bridgehead atoms. The summed E-state index contributed by atoms with van der Waals surface area (Å²) in [5.74, 6) is 1.24. The summed E-state index contributed by atoms with van der Waals surface area (Å²) in [6.45, 7) is 6.18. The maximum atomic E-state index is 11.9. The second kappa shape index (κ2) is 6.35. The summed E-state index contributed by atoms with van der Waals surface area (Å²) in [5, 5.41) is 15.5. The molecule has 0 unspecified atom stereocenters. The van der Waals surface area contributed by atoms with Gasteiger partial charge >= 0.3 is 0 Å². The van der Waals surface area contributed by atoms with Gasteiger partial charge in [0, 0.05) is 5.92 Å². The molecule has 7 heteroatoms. The van der Waals surface area contributed by atoms with Gasteiger partial charge in [-0.2, -0.15) is 10.2 Å². The van der Waals surface area contributed by atoms with Crippen molar-refractivity contribution in [3.05, 3.63) is 35.5 Å². The second-order valence-electron chi connectivity index (χ2n) is 6.04. The molecule has 0 saturated carbocycles. The van der Waals surface area contributed by atoms with E-state index in [1.165, 1.54) is 0 Å². The van der Waals surface area contributed by atoms with E-state index in [1.54, 1.807) is 7.11 Å². The normalized spacial score (nSPS) is 11.2. The molecular formula is C17H21N5O2. The van der Waals surface area contributed by atoms with Gasteiger partial charge in [0.2, 0.25) is 5.91 Å². The number of aryl methyl sites for hydroxylation is 1. The molecule has 0 atom stereocenters. The zero-order valence-corrected chi connectivity index (χ0v) is 14.3. The van der Waals surface area contributed by atoms with Crippen LogP contribution in [0.5, 0.6) is 5.75 Å². The highest BCUT2D eigenvalue weighted by Crippen LogP contribution is 2.25. The number of carbonyl (C=O) groups is 1. The van der Waals surface area contributed by atoms with Crippen molar-refractivity contribution in [1.82, 2.24) is 20.0 Å². The maximum absolute atomic E-state index is 11.9. The number of amides is 1. The van der Waals surface area contributed by atoms with Crippen LogP contribution in [0.1, 0.15) is 25.1 Å². The molecule has 1 aromatic carbocycles. The quantitative estimate of drug-likeness (QED) is 0.754. The van der Waals surface area contributed by atoms with Crippen LogP contribution in [0.25, 0.3) is 11.0 Å². The Hall–Kier alpha value is -2.83. The predicted molar refractivity (Wildman–Crippen MR) is 92.2 cm³/mol. The number of nitrogens with zero attached hydrogens (tertiary/aromatic N) is 3. The van der Waals surface area contributed by atoms with E-state index in [0.29, 0.717) is 12.4 Å². The number of hydrogen-bond acceptors (Lipinski definition) is 4.